The van der Waals surface area contributed by atoms with Gasteiger partial charge in [-0.05, 0) is 24.2 Å². The number of hydrogen-bond acceptors (Lipinski definition) is 2. The molecule has 0 amide bonds. The van der Waals surface area contributed by atoms with Gasteiger partial charge in [0.2, 0.25) is 0 Å². The number of hydrogen-bond donors (Lipinski definition) is 1. The molecule has 0 spiro atoms. The second kappa shape index (κ2) is 6.39. The smallest absolute Gasteiger partial charge is 0.0998 e. The summed E-state index contributed by atoms with van der Waals surface area (Å²) in [5, 5.41) is 8.93. The van der Waals surface area contributed by atoms with Gasteiger partial charge in [0.25, 0.3) is 0 Å². The summed E-state index contributed by atoms with van der Waals surface area (Å²) in [6.07, 6.45) is 0. The predicted molar refractivity (Wildman–Crippen MR) is 66.7 cm³/mol. The van der Waals surface area contributed by atoms with E-state index in [2.05, 4.69) is 11.8 Å². The molecule has 0 unspecified atom stereocenters. The summed E-state index contributed by atoms with van der Waals surface area (Å²) in [6.45, 7) is 0. The Balaban J connectivity index is 0.000000606. The quantitative estimate of drug-likeness (QED) is 0.786. The van der Waals surface area contributed by atoms with Crippen LogP contribution in [0.5, 0.6) is 0 Å². The summed E-state index contributed by atoms with van der Waals surface area (Å²) >= 11 is 0. The van der Waals surface area contributed by atoms with E-state index in [-0.39, 0.29) is 0 Å². The van der Waals surface area contributed by atoms with Gasteiger partial charge in [-0.3, -0.25) is 0 Å². The SMILES string of the molecule is CN.N#Cc1ccccc1-c1ccccc1. The molecule has 0 saturated heterocycles. The summed E-state index contributed by atoms with van der Waals surface area (Å²) in [7, 11) is 1.50. The number of benzene rings is 2. The monoisotopic (exact) mass is 210 g/mol. The van der Waals surface area contributed by atoms with Gasteiger partial charge in [-0.2, -0.15) is 5.26 Å². The van der Waals surface area contributed by atoms with Gasteiger partial charge < -0.3 is 5.73 Å². The Morgan fingerprint density at radius 1 is 0.875 bits per heavy atom. The molecular formula is C14H14N2. The van der Waals surface area contributed by atoms with Gasteiger partial charge in [0.1, 0.15) is 0 Å². The van der Waals surface area contributed by atoms with Crippen LogP contribution in [0.25, 0.3) is 11.1 Å². The summed E-state index contributed by atoms with van der Waals surface area (Å²) in [4.78, 5) is 0. The molecule has 0 bridgehead atoms. The van der Waals surface area contributed by atoms with Gasteiger partial charge in [-0.25, -0.2) is 0 Å². The van der Waals surface area contributed by atoms with Crippen LogP contribution in [0.2, 0.25) is 0 Å². The fourth-order valence-corrected chi connectivity index (χ4v) is 1.45. The van der Waals surface area contributed by atoms with Crippen LogP contribution >= 0.6 is 0 Å². The molecule has 2 heteroatoms. The molecule has 0 aliphatic heterocycles. The van der Waals surface area contributed by atoms with E-state index in [9.17, 15) is 0 Å². The van der Waals surface area contributed by atoms with Crippen LogP contribution in [0.4, 0.5) is 0 Å². The third-order valence-corrected chi connectivity index (χ3v) is 2.13. The minimum absolute atomic E-state index is 0.721. The van der Waals surface area contributed by atoms with Crippen molar-refractivity contribution in [2.75, 3.05) is 7.05 Å². The average Bonchev–Trinajstić information content (AvgIpc) is 2.42. The van der Waals surface area contributed by atoms with E-state index in [1.54, 1.807) is 0 Å². The van der Waals surface area contributed by atoms with Gasteiger partial charge in [-0.15, -0.1) is 0 Å². The van der Waals surface area contributed by atoms with Crippen LogP contribution in [0.3, 0.4) is 0 Å². The zero-order valence-electron chi connectivity index (χ0n) is 9.22. The standard InChI is InChI=1S/C13H9N.CH5N/c14-10-12-8-4-5-9-13(12)11-6-2-1-3-7-11;1-2/h1-9H;2H2,1H3. The fraction of sp³-hybridized carbons (Fsp3) is 0.0714. The Morgan fingerprint density at radius 3 is 2.06 bits per heavy atom. The lowest BCUT2D eigenvalue weighted by molar-refractivity contribution is 1.48. The lowest BCUT2D eigenvalue weighted by atomic mass is 10.0. The molecule has 0 fully saturated rings. The van der Waals surface area contributed by atoms with E-state index in [1.807, 2.05) is 54.6 Å². The molecule has 0 aromatic heterocycles. The Labute approximate surface area is 96.0 Å². The molecule has 0 aliphatic rings. The number of nitriles is 1. The highest BCUT2D eigenvalue weighted by Crippen LogP contribution is 2.22. The van der Waals surface area contributed by atoms with Crippen LogP contribution in [-0.2, 0) is 0 Å². The number of rotatable bonds is 1. The maximum Gasteiger partial charge on any atom is 0.0998 e. The second-order valence-corrected chi connectivity index (χ2v) is 3.02. The van der Waals surface area contributed by atoms with Crippen molar-refractivity contribution in [3.8, 4) is 17.2 Å². The molecule has 16 heavy (non-hydrogen) atoms. The van der Waals surface area contributed by atoms with Gasteiger partial charge in [0.15, 0.2) is 0 Å². The Hall–Kier alpha value is -2.11. The first-order valence-electron chi connectivity index (χ1n) is 5.04. The second-order valence-electron chi connectivity index (χ2n) is 3.02. The first-order valence-corrected chi connectivity index (χ1v) is 5.04. The van der Waals surface area contributed by atoms with E-state index >= 15 is 0 Å². The van der Waals surface area contributed by atoms with Crippen molar-refractivity contribution in [1.29, 1.82) is 5.26 Å². The van der Waals surface area contributed by atoms with Crippen LogP contribution in [0, 0.1) is 11.3 Å². The summed E-state index contributed by atoms with van der Waals surface area (Å²) < 4.78 is 0. The third-order valence-electron chi connectivity index (χ3n) is 2.13. The van der Waals surface area contributed by atoms with Crippen LogP contribution < -0.4 is 5.73 Å². The molecule has 0 heterocycles. The molecule has 2 aromatic carbocycles. The largest absolute Gasteiger partial charge is 0.333 e. The lowest BCUT2D eigenvalue weighted by Crippen LogP contribution is -1.82. The van der Waals surface area contributed by atoms with E-state index < -0.39 is 0 Å². The predicted octanol–water partition coefficient (Wildman–Crippen LogP) is 2.80. The van der Waals surface area contributed by atoms with Crippen molar-refractivity contribution >= 4 is 0 Å². The number of nitrogens with two attached hydrogens (primary N) is 1. The molecule has 80 valence electrons. The first-order chi connectivity index (χ1) is 7.92. The van der Waals surface area contributed by atoms with Crippen molar-refractivity contribution < 1.29 is 0 Å². The van der Waals surface area contributed by atoms with Crippen molar-refractivity contribution in [1.82, 2.24) is 0 Å². The highest BCUT2D eigenvalue weighted by atomic mass is 14.4. The Bertz CT molecular complexity index is 470. The third kappa shape index (κ3) is 2.69. The fourth-order valence-electron chi connectivity index (χ4n) is 1.45. The molecule has 0 saturated carbocycles. The van der Waals surface area contributed by atoms with Crippen molar-refractivity contribution in [3.05, 3.63) is 60.2 Å². The van der Waals surface area contributed by atoms with Crippen LogP contribution in [0.1, 0.15) is 5.56 Å². The Kier molecular flexibility index (Phi) is 4.78. The van der Waals surface area contributed by atoms with E-state index in [0.717, 1.165) is 16.7 Å². The summed E-state index contributed by atoms with van der Waals surface area (Å²) in [6, 6.07) is 19.8. The zero-order chi connectivity index (χ0) is 11.8. The molecule has 2 rings (SSSR count). The maximum atomic E-state index is 8.93. The Morgan fingerprint density at radius 2 is 1.44 bits per heavy atom. The highest BCUT2D eigenvalue weighted by molar-refractivity contribution is 5.70. The van der Waals surface area contributed by atoms with Gasteiger partial charge in [0, 0.05) is 0 Å². The minimum Gasteiger partial charge on any atom is -0.333 e. The van der Waals surface area contributed by atoms with Crippen molar-refractivity contribution in [2.45, 2.75) is 0 Å². The molecule has 0 radical (unpaired) electrons. The molecule has 0 aliphatic carbocycles. The molecule has 2 N–H and O–H groups in total. The maximum absolute atomic E-state index is 8.93. The van der Waals surface area contributed by atoms with Crippen LogP contribution in [-0.4, -0.2) is 7.05 Å². The normalized spacial score (nSPS) is 8.56. The average molecular weight is 210 g/mol. The van der Waals surface area contributed by atoms with Crippen molar-refractivity contribution in [2.24, 2.45) is 5.73 Å². The molecule has 2 nitrogen and oxygen atoms in total. The van der Waals surface area contributed by atoms with E-state index in [1.165, 1.54) is 7.05 Å². The molecular weight excluding hydrogens is 196 g/mol. The molecule has 0 atom stereocenters. The highest BCUT2D eigenvalue weighted by Gasteiger charge is 2.01. The zero-order valence-corrected chi connectivity index (χ0v) is 9.22. The van der Waals surface area contributed by atoms with Crippen molar-refractivity contribution in [3.63, 3.8) is 0 Å². The van der Waals surface area contributed by atoms with Gasteiger partial charge in [-0.1, -0.05) is 48.5 Å². The van der Waals surface area contributed by atoms with Crippen LogP contribution in [0.15, 0.2) is 54.6 Å². The van der Waals surface area contributed by atoms with E-state index in [0.29, 0.717) is 0 Å². The van der Waals surface area contributed by atoms with Gasteiger partial charge >= 0.3 is 0 Å². The number of nitrogens with zero attached hydrogens (tertiary/aromatic N) is 1. The summed E-state index contributed by atoms with van der Waals surface area (Å²) in [5.74, 6) is 0. The van der Waals surface area contributed by atoms with E-state index in [4.69, 9.17) is 5.26 Å². The first kappa shape index (κ1) is 12.0. The minimum atomic E-state index is 0.721. The topological polar surface area (TPSA) is 49.8 Å². The summed E-state index contributed by atoms with van der Waals surface area (Å²) in [5.41, 5.74) is 7.30. The van der Waals surface area contributed by atoms with Gasteiger partial charge in [0.05, 0.1) is 11.6 Å². The lowest BCUT2D eigenvalue weighted by Gasteiger charge is -2.02. The molecule has 2 aromatic rings.